The second kappa shape index (κ2) is 9.23. The number of rotatable bonds is 6. The molecule has 10 heteroatoms. The van der Waals surface area contributed by atoms with Crippen molar-refractivity contribution in [3.63, 3.8) is 0 Å². The van der Waals surface area contributed by atoms with Gasteiger partial charge in [0.1, 0.15) is 11.6 Å². The second-order valence-electron chi connectivity index (χ2n) is 8.19. The lowest BCUT2D eigenvalue weighted by atomic mass is 9.97. The smallest absolute Gasteiger partial charge is 0.379 e. The highest BCUT2D eigenvalue weighted by molar-refractivity contribution is 7.34. The van der Waals surface area contributed by atoms with E-state index in [0.717, 1.165) is 12.5 Å². The van der Waals surface area contributed by atoms with Crippen molar-refractivity contribution in [2.24, 2.45) is 0 Å². The van der Waals surface area contributed by atoms with Gasteiger partial charge in [-0.2, -0.15) is 13.2 Å². The van der Waals surface area contributed by atoms with E-state index in [2.05, 4.69) is 20.6 Å². The van der Waals surface area contributed by atoms with Crippen LogP contribution in [-0.2, 0) is 15.5 Å². The molecule has 1 unspecified atom stereocenters. The van der Waals surface area contributed by atoms with Gasteiger partial charge in [0.05, 0.1) is 40.8 Å². The molecule has 0 saturated carbocycles. The molecule has 1 fully saturated rings. The summed E-state index contributed by atoms with van der Waals surface area (Å²) in [5, 5.41) is 7.90. The van der Waals surface area contributed by atoms with E-state index in [9.17, 15) is 17.7 Å². The molecule has 33 heavy (non-hydrogen) atoms. The van der Waals surface area contributed by atoms with Crippen molar-refractivity contribution in [1.29, 1.82) is 0 Å². The van der Waals surface area contributed by atoms with Crippen molar-refractivity contribution in [3.8, 4) is 0 Å². The lowest BCUT2D eigenvalue weighted by Crippen LogP contribution is -2.22. The van der Waals surface area contributed by atoms with E-state index in [1.54, 1.807) is 26.0 Å². The molecule has 0 aliphatic carbocycles. The Bertz CT molecular complexity index is 1200. The van der Waals surface area contributed by atoms with E-state index in [1.807, 2.05) is 6.07 Å². The topological polar surface area (TPSA) is 76.1 Å². The van der Waals surface area contributed by atoms with Crippen LogP contribution in [0.3, 0.4) is 0 Å². The number of aryl methyl sites for hydroxylation is 1. The van der Waals surface area contributed by atoms with Gasteiger partial charge in [-0.25, -0.2) is 9.97 Å². The van der Waals surface area contributed by atoms with Gasteiger partial charge in [0.25, 0.3) is 0 Å². The molecule has 0 amide bonds. The number of hydrogen-bond acceptors (Lipinski definition) is 6. The average Bonchev–Trinajstić information content (AvgIpc) is 3.26. The number of nitrogens with zero attached hydrogens (tertiary/aromatic N) is 2. The normalized spacial score (nSPS) is 17.5. The van der Waals surface area contributed by atoms with Crippen LogP contribution >= 0.6 is 8.46 Å². The summed E-state index contributed by atoms with van der Waals surface area (Å²) in [5.41, 5.74) is 1.35. The molecule has 6 nitrogen and oxygen atoms in total. The quantitative estimate of drug-likeness (QED) is 0.454. The van der Waals surface area contributed by atoms with Gasteiger partial charge in [-0.3, -0.25) is 4.57 Å². The van der Waals surface area contributed by atoms with E-state index in [1.165, 1.54) is 13.0 Å². The molecule has 1 aliphatic rings. The lowest BCUT2D eigenvalue weighted by molar-refractivity contribution is -0.138. The Kier molecular flexibility index (Phi) is 6.54. The van der Waals surface area contributed by atoms with Crippen molar-refractivity contribution < 1.29 is 22.5 Å². The molecule has 1 saturated heterocycles. The number of fused-ring (bicyclic) bond motifs is 1. The number of ether oxygens (including phenoxy) is 1. The van der Waals surface area contributed by atoms with Gasteiger partial charge < -0.3 is 15.4 Å². The Balaban J connectivity index is 1.73. The predicted octanol–water partition coefficient (Wildman–Crippen LogP) is 5.56. The van der Waals surface area contributed by atoms with E-state index in [0.29, 0.717) is 52.3 Å². The molecule has 4 rings (SSSR count). The standard InChI is InChI=1S/C23H24F3N4O2P/c1-12-16(5-4-6-18(12)23(24,25)26)13(2)27-22-17-9-20(30-15-7-8-32-11-15)21(33-31)10-19(17)28-14(3)29-22/h4-6,9-10,13,15,30H,7-8,11H2,1-3H3,(H,27,28,29)/t13?,15-/m0/s1. The minimum absolute atomic E-state index is 0.109. The summed E-state index contributed by atoms with van der Waals surface area (Å²) in [5.74, 6) is 0.998. The van der Waals surface area contributed by atoms with Crippen LogP contribution in [0.2, 0.25) is 0 Å². The van der Waals surface area contributed by atoms with Crippen LogP contribution in [0.25, 0.3) is 10.9 Å². The van der Waals surface area contributed by atoms with Gasteiger partial charge in [0, 0.05) is 12.0 Å². The number of aromatic nitrogens is 2. The summed E-state index contributed by atoms with van der Waals surface area (Å²) in [4.78, 5) is 8.98. The van der Waals surface area contributed by atoms with E-state index < -0.39 is 17.8 Å². The summed E-state index contributed by atoms with van der Waals surface area (Å²) in [7, 11) is -0.143. The summed E-state index contributed by atoms with van der Waals surface area (Å²) in [6, 6.07) is 7.42. The fraction of sp³-hybridized carbons (Fsp3) is 0.391. The van der Waals surface area contributed by atoms with E-state index in [4.69, 9.17) is 4.74 Å². The summed E-state index contributed by atoms with van der Waals surface area (Å²) < 4.78 is 57.4. The number of hydrogen-bond donors (Lipinski definition) is 2. The molecule has 0 bridgehead atoms. The maximum atomic E-state index is 13.4. The van der Waals surface area contributed by atoms with Crippen LogP contribution in [0.5, 0.6) is 0 Å². The Morgan fingerprint density at radius 3 is 2.67 bits per heavy atom. The monoisotopic (exact) mass is 476 g/mol. The zero-order chi connectivity index (χ0) is 23.8. The first-order valence-corrected chi connectivity index (χ1v) is 11.4. The van der Waals surface area contributed by atoms with Crippen LogP contribution < -0.4 is 15.9 Å². The zero-order valence-corrected chi connectivity index (χ0v) is 19.3. The zero-order valence-electron chi connectivity index (χ0n) is 18.5. The van der Waals surface area contributed by atoms with Gasteiger partial charge in [0.2, 0.25) is 0 Å². The third-order valence-corrected chi connectivity index (χ3v) is 6.38. The van der Waals surface area contributed by atoms with Gasteiger partial charge in [0.15, 0.2) is 8.46 Å². The number of benzene rings is 2. The maximum absolute atomic E-state index is 13.4. The molecule has 2 atom stereocenters. The first-order valence-electron chi connectivity index (χ1n) is 10.6. The van der Waals surface area contributed by atoms with Crippen LogP contribution in [0.4, 0.5) is 24.7 Å². The molecule has 3 aromatic rings. The van der Waals surface area contributed by atoms with Crippen molar-refractivity contribution in [1.82, 2.24) is 9.97 Å². The van der Waals surface area contributed by atoms with Gasteiger partial charge in [-0.05, 0) is 56.5 Å². The summed E-state index contributed by atoms with van der Waals surface area (Å²) >= 11 is 0. The van der Waals surface area contributed by atoms with Crippen molar-refractivity contribution in [3.05, 3.63) is 52.8 Å². The first-order chi connectivity index (χ1) is 15.7. The molecule has 0 spiro atoms. The van der Waals surface area contributed by atoms with Gasteiger partial charge >= 0.3 is 6.18 Å². The fourth-order valence-corrected chi connectivity index (χ4v) is 4.57. The van der Waals surface area contributed by atoms with Crippen LogP contribution in [0.1, 0.15) is 41.9 Å². The third-order valence-electron chi connectivity index (χ3n) is 5.81. The van der Waals surface area contributed by atoms with Crippen molar-refractivity contribution in [2.75, 3.05) is 23.8 Å². The number of halogens is 3. The molecule has 0 radical (unpaired) electrons. The Morgan fingerprint density at radius 1 is 1.21 bits per heavy atom. The summed E-state index contributed by atoms with van der Waals surface area (Å²) in [6.07, 6.45) is -3.58. The molecular formula is C23H24F3N4O2P. The maximum Gasteiger partial charge on any atom is 0.416 e. The largest absolute Gasteiger partial charge is 0.416 e. The minimum Gasteiger partial charge on any atom is -0.379 e. The highest BCUT2D eigenvalue weighted by Gasteiger charge is 2.33. The average molecular weight is 476 g/mol. The van der Waals surface area contributed by atoms with Gasteiger partial charge in [-0.15, -0.1) is 0 Å². The number of anilines is 2. The molecule has 174 valence electrons. The number of alkyl halides is 3. The highest BCUT2D eigenvalue weighted by Crippen LogP contribution is 2.36. The SMILES string of the molecule is Cc1nc(NC(C)c2cccc(C(F)(F)F)c2C)c2cc(N[C@H]3CCOC3)c(P=O)cc2n1. The molecular weight excluding hydrogens is 452 g/mol. The van der Waals surface area contributed by atoms with Gasteiger partial charge in [-0.1, -0.05) is 12.1 Å². The Labute approximate surface area is 191 Å². The molecule has 2 aromatic carbocycles. The van der Waals surface area contributed by atoms with Crippen molar-refractivity contribution >= 4 is 36.2 Å². The fourth-order valence-electron chi connectivity index (χ4n) is 4.16. The molecule has 2 heterocycles. The highest BCUT2D eigenvalue weighted by atomic mass is 31.1. The Morgan fingerprint density at radius 2 is 2.00 bits per heavy atom. The van der Waals surface area contributed by atoms with Crippen LogP contribution in [0.15, 0.2) is 30.3 Å². The molecule has 1 aromatic heterocycles. The Hall–Kier alpha value is -2.77. The second-order valence-corrected chi connectivity index (χ2v) is 8.85. The van der Waals surface area contributed by atoms with E-state index >= 15 is 0 Å². The molecule has 2 N–H and O–H groups in total. The third kappa shape index (κ3) is 4.94. The van der Waals surface area contributed by atoms with Crippen molar-refractivity contribution in [2.45, 2.75) is 45.5 Å². The first kappa shape index (κ1) is 23.4. The van der Waals surface area contributed by atoms with Crippen LogP contribution in [-0.4, -0.2) is 29.2 Å². The minimum atomic E-state index is -4.42. The van der Waals surface area contributed by atoms with E-state index in [-0.39, 0.29) is 20.1 Å². The summed E-state index contributed by atoms with van der Waals surface area (Å²) in [6.45, 7) is 6.24. The predicted molar refractivity (Wildman–Crippen MR) is 123 cm³/mol. The lowest BCUT2D eigenvalue weighted by Gasteiger charge is -2.21. The van der Waals surface area contributed by atoms with Crippen LogP contribution in [0, 0.1) is 13.8 Å². The number of nitrogens with one attached hydrogen (secondary N) is 2. The molecule has 1 aliphatic heterocycles.